The monoisotopic (exact) mass is 388 g/mol. The fraction of sp³-hybridized carbons (Fsp3) is 0.217. The molecule has 1 aromatic heterocycles. The molecule has 1 fully saturated rings. The predicted octanol–water partition coefficient (Wildman–Crippen LogP) is 3.88. The SMILES string of the molecule is CN1CCN(c2ccc(C(=O)Nc3ccc(Oc4ccccc4)cc3)nc2)CC1. The summed E-state index contributed by atoms with van der Waals surface area (Å²) in [7, 11) is 2.13. The van der Waals surface area contributed by atoms with Crippen molar-refractivity contribution in [2.24, 2.45) is 0 Å². The molecule has 0 spiro atoms. The Labute approximate surface area is 170 Å². The van der Waals surface area contributed by atoms with Gasteiger partial charge >= 0.3 is 0 Å². The van der Waals surface area contributed by atoms with E-state index in [9.17, 15) is 4.79 Å². The van der Waals surface area contributed by atoms with Crippen molar-refractivity contribution in [1.29, 1.82) is 0 Å². The zero-order valence-electron chi connectivity index (χ0n) is 16.4. The smallest absolute Gasteiger partial charge is 0.274 e. The van der Waals surface area contributed by atoms with Gasteiger partial charge in [0.2, 0.25) is 0 Å². The van der Waals surface area contributed by atoms with E-state index in [0.29, 0.717) is 17.1 Å². The van der Waals surface area contributed by atoms with Gasteiger partial charge in [-0.2, -0.15) is 0 Å². The van der Waals surface area contributed by atoms with E-state index in [2.05, 4.69) is 27.1 Å². The average Bonchev–Trinajstić information content (AvgIpc) is 2.76. The van der Waals surface area contributed by atoms with Crippen LogP contribution in [-0.2, 0) is 0 Å². The molecule has 0 atom stereocenters. The first-order valence-electron chi connectivity index (χ1n) is 9.71. The van der Waals surface area contributed by atoms with Crippen molar-refractivity contribution in [1.82, 2.24) is 9.88 Å². The molecule has 6 nitrogen and oxygen atoms in total. The van der Waals surface area contributed by atoms with E-state index in [1.165, 1.54) is 0 Å². The Morgan fingerprint density at radius 1 is 0.897 bits per heavy atom. The predicted molar refractivity (Wildman–Crippen MR) is 115 cm³/mol. The molecule has 0 radical (unpaired) electrons. The number of amides is 1. The standard InChI is InChI=1S/C23H24N4O2/c1-26-13-15-27(16-14-26)19-9-12-22(24-17-19)23(28)25-18-7-10-21(11-8-18)29-20-5-3-2-4-6-20/h2-12,17H,13-16H2,1H3,(H,25,28). The minimum absolute atomic E-state index is 0.230. The molecule has 0 saturated carbocycles. The maximum absolute atomic E-state index is 12.5. The summed E-state index contributed by atoms with van der Waals surface area (Å²) < 4.78 is 5.77. The fourth-order valence-corrected chi connectivity index (χ4v) is 3.20. The second-order valence-corrected chi connectivity index (χ2v) is 7.09. The number of carbonyl (C=O) groups is 1. The van der Waals surface area contributed by atoms with Crippen molar-refractivity contribution in [3.05, 3.63) is 78.6 Å². The van der Waals surface area contributed by atoms with Gasteiger partial charge in [0.05, 0.1) is 11.9 Å². The lowest BCUT2D eigenvalue weighted by molar-refractivity contribution is 0.102. The molecule has 29 heavy (non-hydrogen) atoms. The number of para-hydroxylation sites is 1. The normalized spacial score (nSPS) is 14.4. The number of hydrogen-bond acceptors (Lipinski definition) is 5. The quantitative estimate of drug-likeness (QED) is 0.719. The third kappa shape index (κ3) is 4.92. The van der Waals surface area contributed by atoms with Gasteiger partial charge < -0.3 is 19.9 Å². The van der Waals surface area contributed by atoms with Gasteiger partial charge in [0, 0.05) is 31.9 Å². The lowest BCUT2D eigenvalue weighted by Crippen LogP contribution is -2.44. The molecule has 1 aliphatic heterocycles. The number of piperazine rings is 1. The molecule has 2 heterocycles. The second kappa shape index (κ2) is 8.75. The number of nitrogens with zero attached hydrogens (tertiary/aromatic N) is 3. The van der Waals surface area contributed by atoms with Crippen molar-refractivity contribution in [2.45, 2.75) is 0 Å². The van der Waals surface area contributed by atoms with Crippen LogP contribution < -0.4 is 15.0 Å². The van der Waals surface area contributed by atoms with Crippen molar-refractivity contribution >= 4 is 17.3 Å². The van der Waals surface area contributed by atoms with E-state index in [4.69, 9.17) is 4.74 Å². The number of aromatic nitrogens is 1. The molecule has 148 valence electrons. The maximum atomic E-state index is 12.5. The highest BCUT2D eigenvalue weighted by molar-refractivity contribution is 6.02. The van der Waals surface area contributed by atoms with Gasteiger partial charge in [-0.15, -0.1) is 0 Å². The van der Waals surface area contributed by atoms with Crippen molar-refractivity contribution in [2.75, 3.05) is 43.4 Å². The number of rotatable bonds is 5. The molecule has 1 amide bonds. The lowest BCUT2D eigenvalue weighted by Gasteiger charge is -2.33. The Kier molecular flexibility index (Phi) is 5.72. The molecule has 0 aliphatic carbocycles. The van der Waals surface area contributed by atoms with Crippen LogP contribution in [0.2, 0.25) is 0 Å². The average molecular weight is 388 g/mol. The van der Waals surface area contributed by atoms with Gasteiger partial charge in [-0.3, -0.25) is 4.79 Å². The summed E-state index contributed by atoms with van der Waals surface area (Å²) in [5.74, 6) is 1.25. The van der Waals surface area contributed by atoms with Gasteiger partial charge in [0.1, 0.15) is 17.2 Å². The minimum atomic E-state index is -0.230. The first-order valence-corrected chi connectivity index (χ1v) is 9.71. The number of anilines is 2. The van der Waals surface area contributed by atoms with Crippen molar-refractivity contribution in [3.63, 3.8) is 0 Å². The van der Waals surface area contributed by atoms with Gasteiger partial charge in [0.15, 0.2) is 0 Å². The lowest BCUT2D eigenvalue weighted by atomic mass is 10.2. The molecule has 3 aromatic rings. The molecular formula is C23H24N4O2. The van der Waals surface area contributed by atoms with Crippen LogP contribution in [0.3, 0.4) is 0 Å². The van der Waals surface area contributed by atoms with Crippen LogP contribution in [0.4, 0.5) is 11.4 Å². The fourth-order valence-electron chi connectivity index (χ4n) is 3.20. The van der Waals surface area contributed by atoms with Crippen LogP contribution in [0.25, 0.3) is 0 Å². The molecular weight excluding hydrogens is 364 g/mol. The van der Waals surface area contributed by atoms with Gasteiger partial charge in [-0.05, 0) is 55.6 Å². The zero-order valence-corrected chi connectivity index (χ0v) is 16.4. The Hall–Kier alpha value is -3.38. The molecule has 2 aromatic carbocycles. The summed E-state index contributed by atoms with van der Waals surface area (Å²) in [5, 5.41) is 2.88. The van der Waals surface area contributed by atoms with Gasteiger partial charge in [-0.25, -0.2) is 4.98 Å². The van der Waals surface area contributed by atoms with Crippen LogP contribution in [0.5, 0.6) is 11.5 Å². The molecule has 0 bridgehead atoms. The summed E-state index contributed by atoms with van der Waals surface area (Å²) in [5.41, 5.74) is 2.14. The molecule has 4 rings (SSSR count). The van der Waals surface area contributed by atoms with Crippen LogP contribution in [0.1, 0.15) is 10.5 Å². The summed E-state index contributed by atoms with van der Waals surface area (Å²) >= 11 is 0. The van der Waals surface area contributed by atoms with E-state index in [0.717, 1.165) is 37.6 Å². The van der Waals surface area contributed by atoms with Crippen molar-refractivity contribution in [3.8, 4) is 11.5 Å². The topological polar surface area (TPSA) is 57.7 Å². The van der Waals surface area contributed by atoms with E-state index >= 15 is 0 Å². The zero-order chi connectivity index (χ0) is 20.1. The molecule has 1 N–H and O–H groups in total. The Balaban J connectivity index is 1.35. The molecule has 1 aliphatic rings. The molecule has 6 heteroatoms. The third-order valence-electron chi connectivity index (χ3n) is 4.94. The summed E-state index contributed by atoms with van der Waals surface area (Å²) in [6.07, 6.45) is 1.77. The first kappa shape index (κ1) is 19.0. The minimum Gasteiger partial charge on any atom is -0.457 e. The third-order valence-corrected chi connectivity index (χ3v) is 4.94. The van der Waals surface area contributed by atoms with Gasteiger partial charge in [0.25, 0.3) is 5.91 Å². The summed E-state index contributed by atoms with van der Waals surface area (Å²) in [6, 6.07) is 20.6. The Morgan fingerprint density at radius 3 is 2.24 bits per heavy atom. The maximum Gasteiger partial charge on any atom is 0.274 e. The van der Waals surface area contributed by atoms with Crippen molar-refractivity contribution < 1.29 is 9.53 Å². The highest BCUT2D eigenvalue weighted by atomic mass is 16.5. The molecule has 0 unspecified atom stereocenters. The first-order chi connectivity index (χ1) is 14.2. The number of benzene rings is 2. The highest BCUT2D eigenvalue weighted by Crippen LogP contribution is 2.23. The van der Waals surface area contributed by atoms with Crippen LogP contribution in [0, 0.1) is 0 Å². The summed E-state index contributed by atoms with van der Waals surface area (Å²) in [6.45, 7) is 4.01. The van der Waals surface area contributed by atoms with E-state index < -0.39 is 0 Å². The van der Waals surface area contributed by atoms with Crippen LogP contribution in [-0.4, -0.2) is 49.0 Å². The number of ether oxygens (including phenoxy) is 1. The number of likely N-dealkylation sites (N-methyl/N-ethyl adjacent to an activating group) is 1. The van der Waals surface area contributed by atoms with Crippen LogP contribution >= 0.6 is 0 Å². The number of carbonyl (C=O) groups excluding carboxylic acids is 1. The number of hydrogen-bond donors (Lipinski definition) is 1. The van der Waals surface area contributed by atoms with E-state index in [1.807, 2.05) is 60.7 Å². The van der Waals surface area contributed by atoms with Crippen LogP contribution in [0.15, 0.2) is 72.9 Å². The summed E-state index contributed by atoms with van der Waals surface area (Å²) in [4.78, 5) is 21.4. The van der Waals surface area contributed by atoms with E-state index in [-0.39, 0.29) is 5.91 Å². The molecule has 1 saturated heterocycles. The number of pyridine rings is 1. The van der Waals surface area contributed by atoms with E-state index in [1.54, 1.807) is 12.3 Å². The van der Waals surface area contributed by atoms with Gasteiger partial charge in [-0.1, -0.05) is 18.2 Å². The number of nitrogens with one attached hydrogen (secondary N) is 1. The second-order valence-electron chi connectivity index (χ2n) is 7.09. The Morgan fingerprint density at radius 2 is 1.59 bits per heavy atom. The Bertz CT molecular complexity index is 935. The highest BCUT2D eigenvalue weighted by Gasteiger charge is 2.15. The largest absolute Gasteiger partial charge is 0.457 e.